The summed E-state index contributed by atoms with van der Waals surface area (Å²) in [5, 5.41) is 0.637. The van der Waals surface area contributed by atoms with Crippen LogP contribution in [0.2, 0.25) is 5.02 Å². The fourth-order valence-corrected chi connectivity index (χ4v) is 2.15. The van der Waals surface area contributed by atoms with Gasteiger partial charge in [0.05, 0.1) is 4.91 Å². The van der Waals surface area contributed by atoms with Crippen LogP contribution in [0.15, 0.2) is 53.4 Å². The SMILES string of the molecule is Cc1ccc(C(=O)C(S)=Cc2cccc(Cl)c2)cc1. The number of rotatable bonds is 3. The van der Waals surface area contributed by atoms with Crippen molar-refractivity contribution < 1.29 is 4.79 Å². The summed E-state index contributed by atoms with van der Waals surface area (Å²) in [4.78, 5) is 12.6. The van der Waals surface area contributed by atoms with E-state index in [9.17, 15) is 4.79 Å². The molecule has 0 aliphatic carbocycles. The summed E-state index contributed by atoms with van der Waals surface area (Å²) < 4.78 is 0. The largest absolute Gasteiger partial charge is 0.288 e. The number of carbonyl (C=O) groups excluding carboxylic acids is 1. The molecule has 2 aromatic carbocycles. The summed E-state index contributed by atoms with van der Waals surface area (Å²) in [5.74, 6) is -0.0942. The number of thiol groups is 1. The molecule has 0 heterocycles. The van der Waals surface area contributed by atoms with E-state index in [1.165, 1.54) is 0 Å². The Labute approximate surface area is 123 Å². The third-order valence-corrected chi connectivity index (χ3v) is 3.27. The predicted octanol–water partition coefficient (Wildman–Crippen LogP) is 4.80. The van der Waals surface area contributed by atoms with Crippen LogP contribution in [0.5, 0.6) is 0 Å². The van der Waals surface area contributed by atoms with E-state index in [1.807, 2.05) is 31.2 Å². The van der Waals surface area contributed by atoms with Crippen molar-refractivity contribution in [3.05, 3.63) is 75.1 Å². The average molecular weight is 289 g/mol. The van der Waals surface area contributed by atoms with E-state index in [2.05, 4.69) is 12.6 Å². The van der Waals surface area contributed by atoms with Gasteiger partial charge in [-0.05, 0) is 30.7 Å². The molecule has 0 saturated heterocycles. The third kappa shape index (κ3) is 3.72. The van der Waals surface area contributed by atoms with Crippen LogP contribution >= 0.6 is 24.2 Å². The number of allylic oxidation sites excluding steroid dienone is 1. The second-order valence-corrected chi connectivity index (χ2v) is 5.20. The number of carbonyl (C=O) groups is 1. The molecule has 2 rings (SSSR count). The Morgan fingerprint density at radius 1 is 1.16 bits per heavy atom. The van der Waals surface area contributed by atoms with Crippen LogP contribution in [0.1, 0.15) is 21.5 Å². The van der Waals surface area contributed by atoms with Crippen LogP contribution in [0.3, 0.4) is 0 Å². The maximum absolute atomic E-state index is 12.2. The minimum atomic E-state index is -0.0942. The van der Waals surface area contributed by atoms with Gasteiger partial charge in [0.2, 0.25) is 0 Å². The number of benzene rings is 2. The maximum atomic E-state index is 12.2. The molecule has 0 unspecified atom stereocenters. The van der Waals surface area contributed by atoms with Gasteiger partial charge in [-0.25, -0.2) is 0 Å². The molecule has 0 N–H and O–H groups in total. The van der Waals surface area contributed by atoms with Crippen molar-refractivity contribution in [3.8, 4) is 0 Å². The summed E-state index contributed by atoms with van der Waals surface area (Å²) in [5.41, 5.74) is 2.61. The molecule has 0 spiro atoms. The highest BCUT2D eigenvalue weighted by Gasteiger charge is 2.08. The lowest BCUT2D eigenvalue weighted by Gasteiger charge is -2.02. The van der Waals surface area contributed by atoms with Crippen molar-refractivity contribution in [2.45, 2.75) is 6.92 Å². The lowest BCUT2D eigenvalue weighted by molar-refractivity contribution is 0.104. The van der Waals surface area contributed by atoms with Gasteiger partial charge in [0.15, 0.2) is 5.78 Å². The predicted molar refractivity (Wildman–Crippen MR) is 83.9 cm³/mol. The molecule has 2 aromatic rings. The normalized spacial score (nSPS) is 11.4. The second-order valence-electron chi connectivity index (χ2n) is 4.28. The Bertz CT molecular complexity index is 629. The number of aryl methyl sites for hydroxylation is 1. The summed E-state index contributed by atoms with van der Waals surface area (Å²) in [7, 11) is 0. The van der Waals surface area contributed by atoms with Gasteiger partial charge in [-0.15, -0.1) is 12.6 Å². The molecule has 0 saturated carbocycles. The van der Waals surface area contributed by atoms with E-state index >= 15 is 0 Å². The van der Waals surface area contributed by atoms with Crippen LogP contribution in [0.4, 0.5) is 0 Å². The van der Waals surface area contributed by atoms with Crippen molar-refractivity contribution in [2.24, 2.45) is 0 Å². The van der Waals surface area contributed by atoms with E-state index in [-0.39, 0.29) is 5.78 Å². The summed E-state index contributed by atoms with van der Waals surface area (Å²) in [6.45, 7) is 1.98. The lowest BCUT2D eigenvalue weighted by Crippen LogP contribution is -1.98. The van der Waals surface area contributed by atoms with Gasteiger partial charge in [-0.1, -0.05) is 53.6 Å². The van der Waals surface area contributed by atoms with E-state index in [0.29, 0.717) is 15.5 Å². The maximum Gasteiger partial charge on any atom is 0.199 e. The average Bonchev–Trinajstić information content (AvgIpc) is 2.39. The van der Waals surface area contributed by atoms with Gasteiger partial charge >= 0.3 is 0 Å². The van der Waals surface area contributed by atoms with Crippen LogP contribution in [-0.2, 0) is 0 Å². The van der Waals surface area contributed by atoms with Gasteiger partial charge in [0.1, 0.15) is 0 Å². The Hall–Kier alpha value is -1.51. The van der Waals surface area contributed by atoms with Crippen LogP contribution in [0.25, 0.3) is 6.08 Å². The zero-order valence-corrected chi connectivity index (χ0v) is 12.1. The Kier molecular flexibility index (Phi) is 4.46. The second kappa shape index (κ2) is 6.09. The zero-order valence-electron chi connectivity index (χ0n) is 10.4. The van der Waals surface area contributed by atoms with Crippen molar-refractivity contribution in [1.29, 1.82) is 0 Å². The van der Waals surface area contributed by atoms with E-state index in [4.69, 9.17) is 11.6 Å². The molecule has 0 aliphatic heterocycles. The molecular formula is C16H13ClOS. The van der Waals surface area contributed by atoms with E-state index in [0.717, 1.165) is 11.1 Å². The highest BCUT2D eigenvalue weighted by atomic mass is 35.5. The zero-order chi connectivity index (χ0) is 13.8. The minimum Gasteiger partial charge on any atom is -0.288 e. The molecule has 0 aliphatic rings. The topological polar surface area (TPSA) is 17.1 Å². The van der Waals surface area contributed by atoms with Crippen molar-refractivity contribution >= 4 is 36.1 Å². The number of hydrogen-bond acceptors (Lipinski definition) is 2. The summed E-state index contributed by atoms with van der Waals surface area (Å²) in [6, 6.07) is 14.7. The first-order valence-corrected chi connectivity index (χ1v) is 6.66. The number of halogens is 1. The first kappa shape index (κ1) is 13.9. The monoisotopic (exact) mass is 288 g/mol. The van der Waals surface area contributed by atoms with Crippen LogP contribution in [-0.4, -0.2) is 5.78 Å². The fourth-order valence-electron chi connectivity index (χ4n) is 1.67. The molecular weight excluding hydrogens is 276 g/mol. The van der Waals surface area contributed by atoms with Gasteiger partial charge in [-0.2, -0.15) is 0 Å². The molecule has 0 bridgehead atoms. The Morgan fingerprint density at radius 3 is 2.47 bits per heavy atom. The smallest absolute Gasteiger partial charge is 0.199 e. The molecule has 0 radical (unpaired) electrons. The number of ketones is 1. The Balaban J connectivity index is 2.26. The van der Waals surface area contributed by atoms with E-state index < -0.39 is 0 Å². The molecule has 0 atom stereocenters. The molecule has 1 nitrogen and oxygen atoms in total. The van der Waals surface area contributed by atoms with Crippen molar-refractivity contribution in [1.82, 2.24) is 0 Å². The standard InChI is InChI=1S/C16H13ClOS/c1-11-5-7-13(8-6-11)16(18)15(19)10-12-3-2-4-14(17)9-12/h2-10,19H,1H3. The first-order valence-electron chi connectivity index (χ1n) is 5.84. The van der Waals surface area contributed by atoms with Crippen LogP contribution < -0.4 is 0 Å². The van der Waals surface area contributed by atoms with E-state index in [1.54, 1.807) is 30.3 Å². The third-order valence-electron chi connectivity index (χ3n) is 2.70. The highest BCUT2D eigenvalue weighted by molar-refractivity contribution is 7.85. The summed E-state index contributed by atoms with van der Waals surface area (Å²) in [6.07, 6.45) is 1.72. The van der Waals surface area contributed by atoms with Crippen LogP contribution in [0, 0.1) is 6.92 Å². The van der Waals surface area contributed by atoms with Crippen molar-refractivity contribution in [2.75, 3.05) is 0 Å². The molecule has 3 heteroatoms. The van der Waals surface area contributed by atoms with Gasteiger partial charge in [0.25, 0.3) is 0 Å². The fraction of sp³-hybridized carbons (Fsp3) is 0.0625. The molecule has 0 aromatic heterocycles. The highest BCUT2D eigenvalue weighted by Crippen LogP contribution is 2.18. The summed E-state index contributed by atoms with van der Waals surface area (Å²) >= 11 is 10.2. The number of hydrogen-bond donors (Lipinski definition) is 1. The molecule has 19 heavy (non-hydrogen) atoms. The molecule has 0 fully saturated rings. The van der Waals surface area contributed by atoms with Gasteiger partial charge in [0, 0.05) is 10.6 Å². The first-order chi connectivity index (χ1) is 9.06. The Morgan fingerprint density at radius 2 is 1.84 bits per heavy atom. The van der Waals surface area contributed by atoms with Gasteiger partial charge in [-0.3, -0.25) is 4.79 Å². The van der Waals surface area contributed by atoms with Gasteiger partial charge < -0.3 is 0 Å². The quantitative estimate of drug-likeness (QED) is 0.488. The van der Waals surface area contributed by atoms with Crippen molar-refractivity contribution in [3.63, 3.8) is 0 Å². The minimum absolute atomic E-state index is 0.0942. The lowest BCUT2D eigenvalue weighted by atomic mass is 10.1. The number of Topliss-reactive ketones (excluding diaryl/α,β-unsaturated/α-hetero) is 1. The molecule has 96 valence electrons. The molecule has 0 amide bonds.